The summed E-state index contributed by atoms with van der Waals surface area (Å²) in [4.78, 5) is 7.87. The van der Waals surface area contributed by atoms with Crippen LogP contribution < -0.4 is 5.32 Å². The first-order valence-corrected chi connectivity index (χ1v) is 4.85. The van der Waals surface area contributed by atoms with Crippen molar-refractivity contribution in [3.05, 3.63) is 18.6 Å². The molecular weight excluding hydrogens is 178 g/mol. The quantitative estimate of drug-likeness (QED) is 0.743. The van der Waals surface area contributed by atoms with Crippen molar-refractivity contribution in [3.63, 3.8) is 0 Å². The van der Waals surface area contributed by atoms with Gasteiger partial charge in [-0.3, -0.25) is 0 Å². The van der Waals surface area contributed by atoms with Gasteiger partial charge in [0.25, 0.3) is 0 Å². The van der Waals surface area contributed by atoms with E-state index >= 15 is 0 Å². The normalized spacial score (nSPS) is 12.9. The lowest BCUT2D eigenvalue weighted by Crippen LogP contribution is -2.26. The Morgan fingerprint density at radius 1 is 1.50 bits per heavy atom. The second kappa shape index (κ2) is 5.54. The molecule has 0 aliphatic heterocycles. The molecule has 0 bridgehead atoms. The van der Waals surface area contributed by atoms with E-state index in [0.717, 1.165) is 12.2 Å². The number of nitrogens with one attached hydrogen (secondary N) is 1. The molecule has 1 rings (SSSR count). The SMILES string of the molecule is CC(C)CC(CO)Nc1ccncn1. The molecule has 4 nitrogen and oxygen atoms in total. The molecule has 0 radical (unpaired) electrons. The van der Waals surface area contributed by atoms with Gasteiger partial charge in [0, 0.05) is 6.20 Å². The largest absolute Gasteiger partial charge is 0.394 e. The van der Waals surface area contributed by atoms with Crippen LogP contribution in [0.2, 0.25) is 0 Å². The Morgan fingerprint density at radius 2 is 2.29 bits per heavy atom. The molecule has 1 unspecified atom stereocenters. The number of hydrogen-bond acceptors (Lipinski definition) is 4. The van der Waals surface area contributed by atoms with Gasteiger partial charge in [0.1, 0.15) is 12.1 Å². The molecule has 1 heterocycles. The molecule has 0 aromatic carbocycles. The molecule has 0 saturated carbocycles. The van der Waals surface area contributed by atoms with Gasteiger partial charge in [0.2, 0.25) is 0 Å². The molecule has 14 heavy (non-hydrogen) atoms. The predicted octanol–water partition coefficient (Wildman–Crippen LogP) is 1.30. The Morgan fingerprint density at radius 3 is 2.79 bits per heavy atom. The van der Waals surface area contributed by atoms with E-state index in [-0.39, 0.29) is 12.6 Å². The minimum atomic E-state index is 0.0740. The summed E-state index contributed by atoms with van der Waals surface area (Å²) in [6.07, 6.45) is 4.10. The fourth-order valence-corrected chi connectivity index (χ4v) is 1.33. The predicted molar refractivity (Wildman–Crippen MR) is 56.0 cm³/mol. The van der Waals surface area contributed by atoms with E-state index in [9.17, 15) is 0 Å². The van der Waals surface area contributed by atoms with Gasteiger partial charge >= 0.3 is 0 Å². The summed E-state index contributed by atoms with van der Waals surface area (Å²) in [5.74, 6) is 1.32. The zero-order valence-electron chi connectivity index (χ0n) is 8.64. The number of aliphatic hydroxyl groups excluding tert-OH is 1. The van der Waals surface area contributed by atoms with Gasteiger partial charge in [-0.25, -0.2) is 9.97 Å². The molecule has 1 aromatic rings. The molecule has 0 aliphatic carbocycles. The van der Waals surface area contributed by atoms with E-state index in [1.54, 1.807) is 12.3 Å². The maximum absolute atomic E-state index is 9.13. The van der Waals surface area contributed by atoms with Gasteiger partial charge in [0.05, 0.1) is 12.6 Å². The van der Waals surface area contributed by atoms with Crippen LogP contribution in [-0.4, -0.2) is 27.7 Å². The van der Waals surface area contributed by atoms with Crippen molar-refractivity contribution < 1.29 is 5.11 Å². The Hall–Kier alpha value is -1.16. The van der Waals surface area contributed by atoms with Gasteiger partial charge in [-0.2, -0.15) is 0 Å². The average Bonchev–Trinajstić information content (AvgIpc) is 2.17. The summed E-state index contributed by atoms with van der Waals surface area (Å²) in [7, 11) is 0. The lowest BCUT2D eigenvalue weighted by Gasteiger charge is -2.18. The van der Waals surface area contributed by atoms with Crippen molar-refractivity contribution in [2.24, 2.45) is 5.92 Å². The van der Waals surface area contributed by atoms with Crippen LogP contribution in [-0.2, 0) is 0 Å². The Bertz CT molecular complexity index is 251. The van der Waals surface area contributed by atoms with E-state index in [2.05, 4.69) is 29.1 Å². The van der Waals surface area contributed by atoms with Crippen LogP contribution in [0.5, 0.6) is 0 Å². The lowest BCUT2D eigenvalue weighted by molar-refractivity contribution is 0.259. The van der Waals surface area contributed by atoms with Crippen molar-refractivity contribution in [1.29, 1.82) is 0 Å². The topological polar surface area (TPSA) is 58.0 Å². The number of aromatic nitrogens is 2. The van der Waals surface area contributed by atoms with Gasteiger partial charge in [-0.15, -0.1) is 0 Å². The lowest BCUT2D eigenvalue weighted by atomic mass is 10.0. The Kier molecular flexibility index (Phi) is 4.32. The van der Waals surface area contributed by atoms with Crippen LogP contribution in [0.1, 0.15) is 20.3 Å². The zero-order valence-corrected chi connectivity index (χ0v) is 8.64. The molecular formula is C10H17N3O. The van der Waals surface area contributed by atoms with Gasteiger partial charge in [-0.1, -0.05) is 13.8 Å². The van der Waals surface area contributed by atoms with Crippen molar-refractivity contribution in [2.45, 2.75) is 26.3 Å². The van der Waals surface area contributed by atoms with Crippen molar-refractivity contribution in [2.75, 3.05) is 11.9 Å². The summed E-state index contributed by atoms with van der Waals surface area (Å²) in [5, 5.41) is 12.3. The van der Waals surface area contributed by atoms with Crippen LogP contribution in [0.4, 0.5) is 5.82 Å². The molecule has 0 saturated heterocycles. The highest BCUT2D eigenvalue weighted by Crippen LogP contribution is 2.09. The number of rotatable bonds is 5. The Labute approximate surface area is 84.4 Å². The fourth-order valence-electron chi connectivity index (χ4n) is 1.33. The smallest absolute Gasteiger partial charge is 0.129 e. The van der Waals surface area contributed by atoms with E-state index in [4.69, 9.17) is 5.11 Å². The molecule has 0 spiro atoms. The molecule has 2 N–H and O–H groups in total. The Balaban J connectivity index is 2.48. The standard InChI is InChI=1S/C10H17N3O/c1-8(2)5-9(6-14)13-10-3-4-11-7-12-10/h3-4,7-9,14H,5-6H2,1-2H3,(H,11,12,13). The van der Waals surface area contributed by atoms with E-state index < -0.39 is 0 Å². The fraction of sp³-hybridized carbons (Fsp3) is 0.600. The molecule has 1 atom stereocenters. The van der Waals surface area contributed by atoms with Crippen LogP contribution in [0, 0.1) is 5.92 Å². The highest BCUT2D eigenvalue weighted by atomic mass is 16.3. The third-order valence-electron chi connectivity index (χ3n) is 1.91. The third kappa shape index (κ3) is 3.70. The molecule has 0 amide bonds. The summed E-state index contributed by atoms with van der Waals surface area (Å²) in [5.41, 5.74) is 0. The zero-order chi connectivity index (χ0) is 10.4. The van der Waals surface area contributed by atoms with Crippen LogP contribution in [0.25, 0.3) is 0 Å². The number of anilines is 1. The minimum Gasteiger partial charge on any atom is -0.394 e. The molecule has 1 aromatic heterocycles. The molecule has 0 aliphatic rings. The summed E-state index contributed by atoms with van der Waals surface area (Å²) < 4.78 is 0. The average molecular weight is 195 g/mol. The van der Waals surface area contributed by atoms with Crippen molar-refractivity contribution >= 4 is 5.82 Å². The second-order valence-corrected chi connectivity index (χ2v) is 3.75. The van der Waals surface area contributed by atoms with E-state index in [1.165, 1.54) is 6.33 Å². The summed E-state index contributed by atoms with van der Waals surface area (Å²) in [6, 6.07) is 1.87. The van der Waals surface area contributed by atoms with Crippen LogP contribution in [0.15, 0.2) is 18.6 Å². The maximum atomic E-state index is 9.13. The molecule has 78 valence electrons. The first kappa shape index (κ1) is 10.9. The van der Waals surface area contributed by atoms with E-state index in [0.29, 0.717) is 5.92 Å². The van der Waals surface area contributed by atoms with Gasteiger partial charge in [0.15, 0.2) is 0 Å². The van der Waals surface area contributed by atoms with E-state index in [1.807, 2.05) is 0 Å². The number of nitrogens with zero attached hydrogens (tertiary/aromatic N) is 2. The van der Waals surface area contributed by atoms with Crippen molar-refractivity contribution in [1.82, 2.24) is 9.97 Å². The highest BCUT2D eigenvalue weighted by molar-refractivity contribution is 5.32. The maximum Gasteiger partial charge on any atom is 0.129 e. The third-order valence-corrected chi connectivity index (χ3v) is 1.91. The minimum absolute atomic E-state index is 0.0740. The number of aliphatic hydroxyl groups is 1. The van der Waals surface area contributed by atoms with Crippen LogP contribution >= 0.6 is 0 Å². The number of hydrogen-bond donors (Lipinski definition) is 2. The highest BCUT2D eigenvalue weighted by Gasteiger charge is 2.09. The van der Waals surface area contributed by atoms with Gasteiger partial charge in [-0.05, 0) is 18.4 Å². The summed E-state index contributed by atoms with van der Waals surface area (Å²) >= 11 is 0. The molecule has 0 fully saturated rings. The molecule has 4 heteroatoms. The van der Waals surface area contributed by atoms with Gasteiger partial charge < -0.3 is 10.4 Å². The van der Waals surface area contributed by atoms with Crippen LogP contribution in [0.3, 0.4) is 0 Å². The van der Waals surface area contributed by atoms with Crippen molar-refractivity contribution in [3.8, 4) is 0 Å². The summed E-state index contributed by atoms with van der Waals surface area (Å²) in [6.45, 7) is 4.39. The first-order chi connectivity index (χ1) is 6.72. The first-order valence-electron chi connectivity index (χ1n) is 4.85. The second-order valence-electron chi connectivity index (χ2n) is 3.75. The monoisotopic (exact) mass is 195 g/mol.